The number of thiazole rings is 1. The van der Waals surface area contributed by atoms with Gasteiger partial charge in [0.25, 0.3) is 0 Å². The van der Waals surface area contributed by atoms with Gasteiger partial charge in [-0.1, -0.05) is 0 Å². The minimum absolute atomic E-state index is 0.691. The minimum atomic E-state index is 0.691. The van der Waals surface area contributed by atoms with Gasteiger partial charge in [0.15, 0.2) is 0 Å². The van der Waals surface area contributed by atoms with Gasteiger partial charge in [-0.25, -0.2) is 4.98 Å². The van der Waals surface area contributed by atoms with Crippen molar-refractivity contribution in [2.75, 3.05) is 19.6 Å². The van der Waals surface area contributed by atoms with Gasteiger partial charge in [0.05, 0.1) is 12.2 Å². The molecule has 1 aliphatic heterocycles. The fraction of sp³-hybridized carbons (Fsp3) is 0.750. The number of hydrogen-bond donors (Lipinski definition) is 1. The Morgan fingerprint density at radius 3 is 2.94 bits per heavy atom. The van der Waals surface area contributed by atoms with Crippen LogP contribution in [0.2, 0.25) is 0 Å². The lowest BCUT2D eigenvalue weighted by Crippen LogP contribution is -2.37. The Kier molecular flexibility index (Phi) is 3.95. The van der Waals surface area contributed by atoms with Crippen molar-refractivity contribution in [1.82, 2.24) is 9.88 Å². The van der Waals surface area contributed by atoms with Crippen LogP contribution in [0.4, 0.5) is 0 Å². The van der Waals surface area contributed by atoms with E-state index < -0.39 is 0 Å². The third kappa shape index (κ3) is 2.81. The molecule has 2 heterocycles. The summed E-state index contributed by atoms with van der Waals surface area (Å²) in [5.41, 5.74) is 6.93. The van der Waals surface area contributed by atoms with Crippen molar-refractivity contribution in [3.63, 3.8) is 0 Å². The van der Waals surface area contributed by atoms with E-state index >= 15 is 0 Å². The first-order valence-electron chi connectivity index (χ1n) is 6.04. The first-order valence-corrected chi connectivity index (χ1v) is 6.86. The van der Waals surface area contributed by atoms with Gasteiger partial charge in [-0.05, 0) is 45.7 Å². The van der Waals surface area contributed by atoms with Crippen LogP contribution >= 0.6 is 11.3 Å². The van der Waals surface area contributed by atoms with E-state index in [4.69, 9.17) is 5.73 Å². The highest BCUT2D eigenvalue weighted by molar-refractivity contribution is 7.11. The van der Waals surface area contributed by atoms with Crippen LogP contribution in [0.15, 0.2) is 0 Å². The molecule has 4 heteroatoms. The van der Waals surface area contributed by atoms with Gasteiger partial charge < -0.3 is 5.73 Å². The van der Waals surface area contributed by atoms with Crippen molar-refractivity contribution < 1.29 is 0 Å². The van der Waals surface area contributed by atoms with E-state index in [1.54, 1.807) is 0 Å². The fourth-order valence-electron chi connectivity index (χ4n) is 2.29. The maximum atomic E-state index is 5.75. The molecule has 2 rings (SSSR count). The molecule has 1 aliphatic rings. The molecule has 1 fully saturated rings. The molecule has 0 bridgehead atoms. The first-order chi connectivity index (χ1) is 7.69. The van der Waals surface area contributed by atoms with E-state index in [9.17, 15) is 0 Å². The number of aromatic nitrogens is 1. The predicted octanol–water partition coefficient (Wildman–Crippen LogP) is 1.93. The van der Waals surface area contributed by atoms with E-state index in [1.165, 1.54) is 35.0 Å². The zero-order valence-electron chi connectivity index (χ0n) is 10.2. The number of aryl methyl sites for hydroxylation is 2. The van der Waals surface area contributed by atoms with Gasteiger partial charge in [-0.3, -0.25) is 4.90 Å². The average Bonchev–Trinajstić information content (AvgIpc) is 2.58. The van der Waals surface area contributed by atoms with E-state index in [-0.39, 0.29) is 0 Å². The molecular weight excluding hydrogens is 218 g/mol. The van der Waals surface area contributed by atoms with Crippen LogP contribution in [0.1, 0.15) is 28.4 Å². The monoisotopic (exact) mass is 239 g/mol. The quantitative estimate of drug-likeness (QED) is 0.876. The van der Waals surface area contributed by atoms with Gasteiger partial charge in [0.2, 0.25) is 0 Å². The molecule has 0 radical (unpaired) electrons. The summed E-state index contributed by atoms with van der Waals surface area (Å²) < 4.78 is 0. The lowest BCUT2D eigenvalue weighted by Gasteiger charge is -2.31. The summed E-state index contributed by atoms with van der Waals surface area (Å²) in [4.78, 5) is 8.45. The molecule has 0 spiro atoms. The van der Waals surface area contributed by atoms with Crippen molar-refractivity contribution in [3.05, 3.63) is 15.6 Å². The number of likely N-dealkylation sites (tertiary alicyclic amines) is 1. The first kappa shape index (κ1) is 12.0. The molecule has 0 saturated carbocycles. The minimum Gasteiger partial charge on any atom is -0.330 e. The molecule has 16 heavy (non-hydrogen) atoms. The highest BCUT2D eigenvalue weighted by atomic mass is 32.1. The Morgan fingerprint density at radius 1 is 1.50 bits per heavy atom. The lowest BCUT2D eigenvalue weighted by atomic mass is 9.98. The maximum absolute atomic E-state index is 5.75. The van der Waals surface area contributed by atoms with Gasteiger partial charge in [-0.2, -0.15) is 0 Å². The molecule has 0 aliphatic carbocycles. The topological polar surface area (TPSA) is 42.2 Å². The summed E-state index contributed by atoms with van der Waals surface area (Å²) in [5, 5.41) is 1.26. The van der Waals surface area contributed by atoms with Crippen LogP contribution < -0.4 is 5.73 Å². The number of nitrogens with two attached hydrogens (primary N) is 1. The van der Waals surface area contributed by atoms with Crippen molar-refractivity contribution in [1.29, 1.82) is 0 Å². The smallest absolute Gasteiger partial charge is 0.107 e. The second kappa shape index (κ2) is 5.25. The Hall–Kier alpha value is -0.450. The van der Waals surface area contributed by atoms with Gasteiger partial charge in [-0.15, -0.1) is 11.3 Å². The molecule has 3 nitrogen and oxygen atoms in total. The van der Waals surface area contributed by atoms with Crippen molar-refractivity contribution in [3.8, 4) is 0 Å². The molecule has 1 saturated heterocycles. The van der Waals surface area contributed by atoms with Crippen LogP contribution in [-0.2, 0) is 6.54 Å². The molecule has 2 N–H and O–H groups in total. The van der Waals surface area contributed by atoms with E-state index in [0.29, 0.717) is 5.92 Å². The Morgan fingerprint density at radius 2 is 2.31 bits per heavy atom. The summed E-state index contributed by atoms with van der Waals surface area (Å²) in [7, 11) is 0. The second-order valence-corrected chi connectivity index (χ2v) is 6.02. The Bertz CT molecular complexity index is 329. The average molecular weight is 239 g/mol. The van der Waals surface area contributed by atoms with E-state index in [1.807, 2.05) is 11.3 Å². The van der Waals surface area contributed by atoms with Crippen LogP contribution in [0, 0.1) is 19.8 Å². The number of rotatable bonds is 3. The summed E-state index contributed by atoms with van der Waals surface area (Å²) in [5.74, 6) is 0.691. The summed E-state index contributed by atoms with van der Waals surface area (Å²) >= 11 is 1.83. The van der Waals surface area contributed by atoms with E-state index in [0.717, 1.165) is 19.6 Å². The second-order valence-electron chi connectivity index (χ2n) is 4.73. The standard InChI is InChI=1S/C12H21N3S/c1-9-10(2)16-12(14-9)8-15-5-3-4-11(6-13)7-15/h11H,3-8,13H2,1-2H3. The highest BCUT2D eigenvalue weighted by Crippen LogP contribution is 2.21. The van der Waals surface area contributed by atoms with Crippen molar-refractivity contribution >= 4 is 11.3 Å². The third-order valence-corrected chi connectivity index (χ3v) is 4.43. The number of nitrogens with zero attached hydrogens (tertiary/aromatic N) is 2. The molecule has 0 amide bonds. The Labute approximate surface area is 102 Å². The fourth-order valence-corrected chi connectivity index (χ4v) is 3.26. The normalized spacial score (nSPS) is 22.6. The van der Waals surface area contributed by atoms with Crippen molar-refractivity contribution in [2.45, 2.75) is 33.2 Å². The zero-order valence-corrected chi connectivity index (χ0v) is 11.0. The van der Waals surface area contributed by atoms with Crippen LogP contribution in [0.25, 0.3) is 0 Å². The predicted molar refractivity (Wildman–Crippen MR) is 68.6 cm³/mol. The molecule has 1 aromatic heterocycles. The largest absolute Gasteiger partial charge is 0.330 e. The SMILES string of the molecule is Cc1nc(CN2CCCC(CN)C2)sc1C. The molecule has 1 atom stereocenters. The molecule has 90 valence electrons. The molecule has 0 aromatic carbocycles. The van der Waals surface area contributed by atoms with Crippen LogP contribution in [-0.4, -0.2) is 29.5 Å². The molecular formula is C12H21N3S. The summed E-state index contributed by atoms with van der Waals surface area (Å²) in [6.45, 7) is 8.42. The number of piperidine rings is 1. The van der Waals surface area contributed by atoms with Gasteiger partial charge in [0.1, 0.15) is 5.01 Å². The Balaban J connectivity index is 1.93. The van der Waals surface area contributed by atoms with Crippen LogP contribution in [0.3, 0.4) is 0 Å². The van der Waals surface area contributed by atoms with Crippen LogP contribution in [0.5, 0.6) is 0 Å². The number of hydrogen-bond acceptors (Lipinski definition) is 4. The summed E-state index contributed by atoms with van der Waals surface area (Å²) in [6, 6.07) is 0. The zero-order chi connectivity index (χ0) is 11.5. The summed E-state index contributed by atoms with van der Waals surface area (Å²) in [6.07, 6.45) is 2.58. The lowest BCUT2D eigenvalue weighted by molar-refractivity contribution is 0.171. The molecule has 1 aromatic rings. The van der Waals surface area contributed by atoms with Crippen molar-refractivity contribution in [2.24, 2.45) is 11.7 Å². The molecule has 1 unspecified atom stereocenters. The van der Waals surface area contributed by atoms with Gasteiger partial charge >= 0.3 is 0 Å². The van der Waals surface area contributed by atoms with Gasteiger partial charge in [0, 0.05) is 11.4 Å². The third-order valence-electron chi connectivity index (χ3n) is 3.37. The van der Waals surface area contributed by atoms with E-state index in [2.05, 4.69) is 23.7 Å². The maximum Gasteiger partial charge on any atom is 0.107 e. The highest BCUT2D eigenvalue weighted by Gasteiger charge is 2.19.